The fourth-order valence-corrected chi connectivity index (χ4v) is 2.49. The van der Waals surface area contributed by atoms with Gasteiger partial charge in [0.05, 0.1) is 6.54 Å². The van der Waals surface area contributed by atoms with Gasteiger partial charge in [0.15, 0.2) is 0 Å². The molecular formula is C17H17Cl2FN2O2. The van der Waals surface area contributed by atoms with Gasteiger partial charge in [-0.3, -0.25) is 0 Å². The Bertz CT molecular complexity index is 698. The summed E-state index contributed by atoms with van der Waals surface area (Å²) >= 11 is 11.9. The largest absolute Gasteiger partial charge is 0.492 e. The number of rotatable bonds is 7. The maximum absolute atomic E-state index is 13.0. The van der Waals surface area contributed by atoms with E-state index in [2.05, 4.69) is 10.6 Å². The normalized spacial score (nSPS) is 10.3. The van der Waals surface area contributed by atoms with Crippen molar-refractivity contribution in [1.82, 2.24) is 10.6 Å². The fourth-order valence-electron chi connectivity index (χ4n) is 1.99. The van der Waals surface area contributed by atoms with Crippen LogP contribution in [0, 0.1) is 5.82 Å². The minimum atomic E-state index is -0.362. The monoisotopic (exact) mass is 370 g/mol. The van der Waals surface area contributed by atoms with Gasteiger partial charge in [-0.25, -0.2) is 9.18 Å². The van der Waals surface area contributed by atoms with E-state index < -0.39 is 0 Å². The zero-order valence-corrected chi connectivity index (χ0v) is 14.3. The Morgan fingerprint density at radius 2 is 1.88 bits per heavy atom. The maximum Gasteiger partial charge on any atom is 0.314 e. The second kappa shape index (κ2) is 9.35. The molecule has 0 fully saturated rings. The first-order chi connectivity index (χ1) is 11.5. The molecule has 2 amide bonds. The maximum atomic E-state index is 13.0. The van der Waals surface area contributed by atoms with Crippen molar-refractivity contribution < 1.29 is 13.9 Å². The van der Waals surface area contributed by atoms with Crippen molar-refractivity contribution in [2.24, 2.45) is 0 Å². The summed E-state index contributed by atoms with van der Waals surface area (Å²) in [6, 6.07) is 10.8. The summed E-state index contributed by atoms with van der Waals surface area (Å²) in [5, 5.41) is 6.53. The molecule has 0 saturated carbocycles. The minimum Gasteiger partial charge on any atom is -0.492 e. The van der Waals surface area contributed by atoms with Crippen LogP contribution >= 0.6 is 23.2 Å². The van der Waals surface area contributed by atoms with Crippen LogP contribution in [0.3, 0.4) is 0 Å². The second-order valence-corrected chi connectivity index (χ2v) is 5.82. The van der Waals surface area contributed by atoms with Crippen LogP contribution in [0.2, 0.25) is 10.0 Å². The molecule has 2 N–H and O–H groups in total. The van der Waals surface area contributed by atoms with Crippen LogP contribution in [0.15, 0.2) is 42.5 Å². The minimum absolute atomic E-state index is 0.250. The van der Waals surface area contributed by atoms with Gasteiger partial charge in [-0.2, -0.15) is 0 Å². The molecule has 0 aromatic heterocycles. The number of hydrogen-bond donors (Lipinski definition) is 2. The van der Waals surface area contributed by atoms with Gasteiger partial charge in [-0.1, -0.05) is 35.3 Å². The topological polar surface area (TPSA) is 50.4 Å². The quantitative estimate of drug-likeness (QED) is 0.722. The second-order valence-electron chi connectivity index (χ2n) is 4.97. The molecule has 0 radical (unpaired) electrons. The molecule has 0 atom stereocenters. The van der Waals surface area contributed by atoms with Crippen LogP contribution < -0.4 is 15.4 Å². The Morgan fingerprint density at radius 1 is 1.08 bits per heavy atom. The van der Waals surface area contributed by atoms with E-state index in [0.29, 0.717) is 35.3 Å². The first-order valence-electron chi connectivity index (χ1n) is 7.38. The number of hydrogen-bond acceptors (Lipinski definition) is 2. The van der Waals surface area contributed by atoms with Crippen LogP contribution in [-0.2, 0) is 6.42 Å². The fraction of sp³-hybridized carbons (Fsp3) is 0.235. The molecule has 0 aliphatic rings. The molecule has 0 unspecified atom stereocenters. The molecule has 24 heavy (non-hydrogen) atoms. The highest BCUT2D eigenvalue weighted by molar-refractivity contribution is 6.35. The zero-order valence-electron chi connectivity index (χ0n) is 12.8. The predicted octanol–water partition coefficient (Wildman–Crippen LogP) is 4.05. The highest BCUT2D eigenvalue weighted by Crippen LogP contribution is 2.21. The smallest absolute Gasteiger partial charge is 0.314 e. The van der Waals surface area contributed by atoms with Gasteiger partial charge in [0, 0.05) is 22.7 Å². The van der Waals surface area contributed by atoms with Gasteiger partial charge < -0.3 is 15.4 Å². The van der Waals surface area contributed by atoms with E-state index in [1.54, 1.807) is 24.3 Å². The lowest BCUT2D eigenvalue weighted by Crippen LogP contribution is -2.38. The van der Waals surface area contributed by atoms with E-state index in [0.717, 1.165) is 5.56 Å². The Labute approximate surface area is 149 Å². The molecule has 0 spiro atoms. The summed E-state index contributed by atoms with van der Waals surface area (Å²) in [6.07, 6.45) is 0.600. The third-order valence-corrected chi connectivity index (χ3v) is 3.73. The molecule has 128 valence electrons. The van der Waals surface area contributed by atoms with E-state index >= 15 is 0 Å². The number of carbonyl (C=O) groups is 1. The molecule has 0 aliphatic heterocycles. The molecule has 7 heteroatoms. The molecule has 2 rings (SSSR count). The van der Waals surface area contributed by atoms with Gasteiger partial charge in [0.25, 0.3) is 0 Å². The summed E-state index contributed by atoms with van der Waals surface area (Å²) in [4.78, 5) is 11.6. The molecule has 0 saturated heterocycles. The number of halogens is 3. The molecule has 0 bridgehead atoms. The Morgan fingerprint density at radius 3 is 2.62 bits per heavy atom. The van der Waals surface area contributed by atoms with Crippen molar-refractivity contribution in [3.8, 4) is 5.75 Å². The van der Waals surface area contributed by atoms with Gasteiger partial charge in [0.1, 0.15) is 18.2 Å². The van der Waals surface area contributed by atoms with Crippen molar-refractivity contribution in [3.05, 3.63) is 63.9 Å². The molecular weight excluding hydrogens is 354 g/mol. The number of carbonyl (C=O) groups excluding carboxylic acids is 1. The van der Waals surface area contributed by atoms with Crippen molar-refractivity contribution in [3.63, 3.8) is 0 Å². The average molecular weight is 371 g/mol. The lowest BCUT2D eigenvalue weighted by atomic mass is 10.1. The Hall–Kier alpha value is -1.98. The van der Waals surface area contributed by atoms with E-state index in [1.165, 1.54) is 12.1 Å². The summed E-state index contributed by atoms with van der Waals surface area (Å²) in [6.45, 7) is 1.00. The Balaban J connectivity index is 1.61. The Kier molecular flexibility index (Phi) is 7.15. The molecule has 4 nitrogen and oxygen atoms in total. The van der Waals surface area contributed by atoms with Crippen LogP contribution in [0.5, 0.6) is 5.75 Å². The molecule has 2 aromatic carbocycles. The standard InChI is InChI=1S/C17H17Cl2FN2O2/c18-13-5-4-12(16(19)10-13)6-7-21-17(23)22-8-9-24-15-3-1-2-14(20)11-15/h1-5,10-11H,6-9H2,(H2,21,22,23). The highest BCUT2D eigenvalue weighted by atomic mass is 35.5. The molecule has 0 heterocycles. The van der Waals surface area contributed by atoms with Crippen LogP contribution in [0.4, 0.5) is 9.18 Å². The van der Waals surface area contributed by atoms with Crippen LogP contribution in [0.1, 0.15) is 5.56 Å². The van der Waals surface area contributed by atoms with Crippen molar-refractivity contribution >= 4 is 29.2 Å². The number of nitrogens with one attached hydrogen (secondary N) is 2. The average Bonchev–Trinajstić information content (AvgIpc) is 2.54. The summed E-state index contributed by atoms with van der Waals surface area (Å²) < 4.78 is 18.3. The summed E-state index contributed by atoms with van der Waals surface area (Å²) in [5.41, 5.74) is 0.913. The molecule has 2 aromatic rings. The summed E-state index contributed by atoms with van der Waals surface area (Å²) in [7, 11) is 0. The number of amides is 2. The van der Waals surface area contributed by atoms with Crippen molar-refractivity contribution in [2.45, 2.75) is 6.42 Å². The van der Waals surface area contributed by atoms with E-state index in [-0.39, 0.29) is 18.5 Å². The van der Waals surface area contributed by atoms with Crippen LogP contribution in [-0.4, -0.2) is 25.7 Å². The number of urea groups is 1. The van der Waals surface area contributed by atoms with Gasteiger partial charge in [-0.05, 0) is 36.2 Å². The lowest BCUT2D eigenvalue weighted by Gasteiger charge is -2.10. The van der Waals surface area contributed by atoms with Crippen molar-refractivity contribution in [2.75, 3.05) is 19.7 Å². The van der Waals surface area contributed by atoms with Gasteiger partial charge in [-0.15, -0.1) is 0 Å². The van der Waals surface area contributed by atoms with Crippen LogP contribution in [0.25, 0.3) is 0 Å². The number of ether oxygens (including phenoxy) is 1. The molecule has 0 aliphatic carbocycles. The van der Waals surface area contributed by atoms with Crippen molar-refractivity contribution in [1.29, 1.82) is 0 Å². The van der Waals surface area contributed by atoms with E-state index in [4.69, 9.17) is 27.9 Å². The van der Waals surface area contributed by atoms with E-state index in [1.807, 2.05) is 6.07 Å². The number of benzene rings is 2. The van der Waals surface area contributed by atoms with E-state index in [9.17, 15) is 9.18 Å². The first kappa shape index (κ1) is 18.4. The van der Waals surface area contributed by atoms with Gasteiger partial charge in [0.2, 0.25) is 0 Å². The predicted molar refractivity (Wildman–Crippen MR) is 93.5 cm³/mol. The lowest BCUT2D eigenvalue weighted by molar-refractivity contribution is 0.236. The third kappa shape index (κ3) is 6.26. The summed E-state index contributed by atoms with van der Waals surface area (Å²) in [5.74, 6) is 0.0636. The third-order valence-electron chi connectivity index (χ3n) is 3.15. The van der Waals surface area contributed by atoms with Gasteiger partial charge >= 0.3 is 6.03 Å². The zero-order chi connectivity index (χ0) is 17.4. The highest BCUT2D eigenvalue weighted by Gasteiger charge is 2.03. The first-order valence-corrected chi connectivity index (χ1v) is 8.14. The SMILES string of the molecule is O=C(NCCOc1cccc(F)c1)NCCc1ccc(Cl)cc1Cl.